The van der Waals surface area contributed by atoms with Crippen LogP contribution in [-0.2, 0) is 17.6 Å². The zero-order valence-electron chi connectivity index (χ0n) is 12.5. The van der Waals surface area contributed by atoms with Crippen LogP contribution in [0.4, 0.5) is 0 Å². The van der Waals surface area contributed by atoms with Crippen LogP contribution in [0, 0.1) is 0 Å². The van der Waals surface area contributed by atoms with Gasteiger partial charge in [-0.15, -0.1) is 11.3 Å². The van der Waals surface area contributed by atoms with Crippen molar-refractivity contribution in [1.29, 1.82) is 0 Å². The van der Waals surface area contributed by atoms with Gasteiger partial charge in [0.1, 0.15) is 0 Å². The summed E-state index contributed by atoms with van der Waals surface area (Å²) < 4.78 is 11.6. The van der Waals surface area contributed by atoms with Gasteiger partial charge in [0.05, 0.1) is 24.4 Å². The van der Waals surface area contributed by atoms with Crippen molar-refractivity contribution in [3.05, 3.63) is 44.6 Å². The average Bonchev–Trinajstić information content (AvgIpc) is 2.92. The van der Waals surface area contributed by atoms with Crippen molar-refractivity contribution in [3.8, 4) is 11.5 Å². The molecule has 0 saturated carbocycles. The van der Waals surface area contributed by atoms with E-state index in [-0.39, 0.29) is 5.91 Å². The standard InChI is InChI=1S/C16H18BrNO3S/c1-20-13-4-3-11(9-14(13)21-2)10-15(19)18-7-5-12-6-8-22-16(12)17/h3-4,6,8-9H,5,7,10H2,1-2H3,(H,18,19). The largest absolute Gasteiger partial charge is 0.493 e. The second kappa shape index (κ2) is 8.19. The molecule has 0 unspecified atom stereocenters. The molecular weight excluding hydrogens is 366 g/mol. The van der Waals surface area contributed by atoms with Gasteiger partial charge < -0.3 is 14.8 Å². The number of thiophene rings is 1. The summed E-state index contributed by atoms with van der Waals surface area (Å²) in [5.41, 5.74) is 2.11. The molecule has 2 aromatic rings. The van der Waals surface area contributed by atoms with Gasteiger partial charge in [-0.3, -0.25) is 4.79 Å². The summed E-state index contributed by atoms with van der Waals surface area (Å²) >= 11 is 5.15. The fraction of sp³-hybridized carbons (Fsp3) is 0.312. The van der Waals surface area contributed by atoms with Gasteiger partial charge in [-0.1, -0.05) is 6.07 Å². The van der Waals surface area contributed by atoms with E-state index in [0.29, 0.717) is 24.5 Å². The monoisotopic (exact) mass is 383 g/mol. The van der Waals surface area contributed by atoms with Crippen LogP contribution < -0.4 is 14.8 Å². The van der Waals surface area contributed by atoms with Crippen molar-refractivity contribution < 1.29 is 14.3 Å². The van der Waals surface area contributed by atoms with Gasteiger partial charge in [0.2, 0.25) is 5.91 Å². The third-order valence-corrected chi connectivity index (χ3v) is 5.03. The summed E-state index contributed by atoms with van der Waals surface area (Å²) in [6.07, 6.45) is 1.15. The molecule has 1 N–H and O–H groups in total. The molecule has 0 aliphatic rings. The fourth-order valence-electron chi connectivity index (χ4n) is 2.07. The summed E-state index contributed by atoms with van der Waals surface area (Å²) in [7, 11) is 3.17. The van der Waals surface area contributed by atoms with Gasteiger partial charge in [-0.25, -0.2) is 0 Å². The molecule has 0 atom stereocenters. The van der Waals surface area contributed by atoms with E-state index in [1.54, 1.807) is 25.6 Å². The number of hydrogen-bond acceptors (Lipinski definition) is 4. The number of carbonyl (C=O) groups is 1. The Morgan fingerprint density at radius 2 is 2.00 bits per heavy atom. The Kier molecular flexibility index (Phi) is 6.27. The summed E-state index contributed by atoms with van der Waals surface area (Å²) in [4.78, 5) is 12.0. The van der Waals surface area contributed by atoms with Crippen LogP contribution in [0.5, 0.6) is 11.5 Å². The maximum absolute atomic E-state index is 12.0. The molecule has 4 nitrogen and oxygen atoms in total. The first-order valence-electron chi connectivity index (χ1n) is 6.83. The average molecular weight is 384 g/mol. The number of hydrogen-bond donors (Lipinski definition) is 1. The van der Waals surface area contributed by atoms with E-state index in [0.717, 1.165) is 15.8 Å². The third kappa shape index (κ3) is 4.48. The predicted molar refractivity (Wildman–Crippen MR) is 92.0 cm³/mol. The van der Waals surface area contributed by atoms with E-state index in [2.05, 4.69) is 27.3 Å². The van der Waals surface area contributed by atoms with Crippen molar-refractivity contribution in [3.63, 3.8) is 0 Å². The number of halogens is 1. The van der Waals surface area contributed by atoms with E-state index < -0.39 is 0 Å². The second-order valence-corrected chi connectivity index (χ2v) is 6.92. The fourth-order valence-corrected chi connectivity index (χ4v) is 3.40. The lowest BCUT2D eigenvalue weighted by atomic mass is 10.1. The molecule has 1 aromatic carbocycles. The molecule has 0 fully saturated rings. The van der Waals surface area contributed by atoms with Crippen LogP contribution in [0.15, 0.2) is 33.4 Å². The second-order valence-electron chi connectivity index (χ2n) is 4.69. The van der Waals surface area contributed by atoms with Gasteiger partial charge in [-0.2, -0.15) is 0 Å². The molecule has 0 aliphatic heterocycles. The Morgan fingerprint density at radius 1 is 1.23 bits per heavy atom. The molecule has 22 heavy (non-hydrogen) atoms. The van der Waals surface area contributed by atoms with Crippen molar-refractivity contribution in [1.82, 2.24) is 5.32 Å². The normalized spacial score (nSPS) is 10.3. The summed E-state index contributed by atoms with van der Waals surface area (Å²) in [6, 6.07) is 7.57. The van der Waals surface area contributed by atoms with Gasteiger partial charge >= 0.3 is 0 Å². The number of methoxy groups -OCH3 is 2. The lowest BCUT2D eigenvalue weighted by Crippen LogP contribution is -2.27. The van der Waals surface area contributed by atoms with E-state index in [1.807, 2.05) is 23.6 Å². The minimum Gasteiger partial charge on any atom is -0.493 e. The minimum atomic E-state index is -0.00132. The van der Waals surface area contributed by atoms with Crippen LogP contribution in [0.3, 0.4) is 0 Å². The summed E-state index contributed by atoms with van der Waals surface area (Å²) in [5, 5.41) is 4.97. The maximum atomic E-state index is 12.0. The Balaban J connectivity index is 1.85. The first-order valence-corrected chi connectivity index (χ1v) is 8.50. The highest BCUT2D eigenvalue weighted by atomic mass is 79.9. The molecule has 1 heterocycles. The zero-order valence-corrected chi connectivity index (χ0v) is 14.9. The molecule has 1 amide bonds. The van der Waals surface area contributed by atoms with Crippen molar-refractivity contribution in [2.24, 2.45) is 0 Å². The number of amides is 1. The minimum absolute atomic E-state index is 0.00132. The third-order valence-electron chi connectivity index (χ3n) is 3.22. The molecule has 6 heteroatoms. The molecule has 118 valence electrons. The van der Waals surface area contributed by atoms with Gasteiger partial charge in [-0.05, 0) is 57.1 Å². The molecule has 0 spiro atoms. The molecule has 0 radical (unpaired) electrons. The summed E-state index contributed by atoms with van der Waals surface area (Å²) in [5.74, 6) is 1.29. The van der Waals surface area contributed by atoms with E-state index in [1.165, 1.54) is 5.56 Å². The quantitative estimate of drug-likeness (QED) is 0.796. The van der Waals surface area contributed by atoms with Crippen molar-refractivity contribution in [2.45, 2.75) is 12.8 Å². The molecule has 0 aliphatic carbocycles. The lowest BCUT2D eigenvalue weighted by Gasteiger charge is -2.10. The van der Waals surface area contributed by atoms with Crippen LogP contribution in [0.2, 0.25) is 0 Å². The van der Waals surface area contributed by atoms with Crippen molar-refractivity contribution in [2.75, 3.05) is 20.8 Å². The van der Waals surface area contributed by atoms with E-state index in [9.17, 15) is 4.79 Å². The van der Waals surface area contributed by atoms with Crippen LogP contribution in [0.1, 0.15) is 11.1 Å². The van der Waals surface area contributed by atoms with Gasteiger partial charge in [0.25, 0.3) is 0 Å². The van der Waals surface area contributed by atoms with E-state index >= 15 is 0 Å². The number of ether oxygens (including phenoxy) is 2. The predicted octanol–water partition coefficient (Wildman–Crippen LogP) is 3.43. The Bertz CT molecular complexity index is 642. The summed E-state index contributed by atoms with van der Waals surface area (Å²) in [6.45, 7) is 0.626. The Labute approximate surface area is 142 Å². The highest BCUT2D eigenvalue weighted by Gasteiger charge is 2.08. The zero-order chi connectivity index (χ0) is 15.9. The van der Waals surface area contributed by atoms with Crippen LogP contribution >= 0.6 is 27.3 Å². The Morgan fingerprint density at radius 3 is 2.64 bits per heavy atom. The smallest absolute Gasteiger partial charge is 0.224 e. The molecule has 0 bridgehead atoms. The highest BCUT2D eigenvalue weighted by molar-refractivity contribution is 9.11. The lowest BCUT2D eigenvalue weighted by molar-refractivity contribution is -0.120. The van der Waals surface area contributed by atoms with Crippen LogP contribution in [-0.4, -0.2) is 26.7 Å². The van der Waals surface area contributed by atoms with Gasteiger partial charge in [0.15, 0.2) is 11.5 Å². The highest BCUT2D eigenvalue weighted by Crippen LogP contribution is 2.27. The number of nitrogens with one attached hydrogen (secondary N) is 1. The Hall–Kier alpha value is -1.53. The molecular formula is C16H18BrNO3S. The number of carbonyl (C=O) groups excluding carboxylic acids is 1. The maximum Gasteiger partial charge on any atom is 0.224 e. The first-order chi connectivity index (χ1) is 10.6. The first kappa shape index (κ1) is 16.8. The van der Waals surface area contributed by atoms with Crippen molar-refractivity contribution >= 4 is 33.2 Å². The van der Waals surface area contributed by atoms with E-state index in [4.69, 9.17) is 9.47 Å². The van der Waals surface area contributed by atoms with Gasteiger partial charge in [0, 0.05) is 6.54 Å². The molecule has 1 aromatic heterocycles. The SMILES string of the molecule is COc1ccc(CC(=O)NCCc2ccsc2Br)cc1OC. The molecule has 0 saturated heterocycles. The molecule has 2 rings (SSSR count). The topological polar surface area (TPSA) is 47.6 Å². The number of benzene rings is 1. The van der Waals surface area contributed by atoms with Crippen LogP contribution in [0.25, 0.3) is 0 Å². The number of rotatable bonds is 7.